The standard InChI is InChI=1S/C24H31NO4S.C2H6/c1-19-9-8-12-21(17-19)24(2,22(26)28-4)13-15-30-16-14-25(3)23(27)29-18-20-10-6-5-7-11-20;1-2/h5-12,17H,13-16,18H2,1-4H3;1-2H3. The summed E-state index contributed by atoms with van der Waals surface area (Å²) in [6.07, 6.45) is 0.328. The lowest BCUT2D eigenvalue weighted by molar-refractivity contribution is -0.147. The highest BCUT2D eigenvalue weighted by Crippen LogP contribution is 2.31. The average molecular weight is 460 g/mol. The van der Waals surface area contributed by atoms with Gasteiger partial charge < -0.3 is 14.4 Å². The molecule has 6 heteroatoms. The van der Waals surface area contributed by atoms with E-state index in [9.17, 15) is 9.59 Å². The first kappa shape index (κ1) is 27.6. The Labute approximate surface area is 197 Å². The second-order valence-corrected chi connectivity index (χ2v) is 8.74. The van der Waals surface area contributed by atoms with Crippen LogP contribution in [0.1, 0.15) is 43.9 Å². The number of carbonyl (C=O) groups is 2. The number of amides is 1. The maximum Gasteiger partial charge on any atom is 0.409 e. The van der Waals surface area contributed by atoms with Gasteiger partial charge in [0.2, 0.25) is 0 Å². The molecule has 0 aromatic heterocycles. The lowest BCUT2D eigenvalue weighted by Crippen LogP contribution is -2.34. The molecule has 0 bridgehead atoms. The van der Waals surface area contributed by atoms with Gasteiger partial charge in [-0.2, -0.15) is 11.8 Å². The minimum Gasteiger partial charge on any atom is -0.468 e. The van der Waals surface area contributed by atoms with Gasteiger partial charge in [0.25, 0.3) is 0 Å². The molecular formula is C26H37NO4S. The summed E-state index contributed by atoms with van der Waals surface area (Å²) in [6, 6.07) is 17.6. The summed E-state index contributed by atoms with van der Waals surface area (Å²) in [4.78, 5) is 26.2. The Morgan fingerprint density at radius 3 is 2.34 bits per heavy atom. The van der Waals surface area contributed by atoms with Crippen LogP contribution in [0.4, 0.5) is 4.79 Å². The number of rotatable bonds is 10. The summed E-state index contributed by atoms with van der Waals surface area (Å²) in [6.45, 7) is 8.80. The normalized spacial score (nSPS) is 12.1. The Morgan fingerprint density at radius 2 is 1.72 bits per heavy atom. The first-order valence-electron chi connectivity index (χ1n) is 11.0. The van der Waals surface area contributed by atoms with Gasteiger partial charge in [-0.05, 0) is 37.1 Å². The minimum atomic E-state index is -0.686. The number of esters is 1. The van der Waals surface area contributed by atoms with Gasteiger partial charge in [-0.15, -0.1) is 0 Å². The first-order chi connectivity index (χ1) is 15.4. The van der Waals surface area contributed by atoms with Crippen molar-refractivity contribution in [1.82, 2.24) is 4.90 Å². The average Bonchev–Trinajstić information content (AvgIpc) is 2.83. The maximum atomic E-state index is 12.5. The highest BCUT2D eigenvalue weighted by Gasteiger charge is 2.36. The molecular weight excluding hydrogens is 422 g/mol. The molecule has 0 aliphatic carbocycles. The van der Waals surface area contributed by atoms with E-state index in [0.717, 1.165) is 28.2 Å². The van der Waals surface area contributed by atoms with Gasteiger partial charge in [0.05, 0.1) is 12.5 Å². The Bertz CT molecular complexity index is 828. The number of carbonyl (C=O) groups excluding carboxylic acids is 2. The smallest absolute Gasteiger partial charge is 0.409 e. The van der Waals surface area contributed by atoms with Crippen LogP contribution in [0.25, 0.3) is 0 Å². The fourth-order valence-electron chi connectivity index (χ4n) is 3.08. The molecule has 0 radical (unpaired) electrons. The molecule has 0 saturated heterocycles. The Kier molecular flexibility index (Phi) is 12.5. The molecule has 0 N–H and O–H groups in total. The molecule has 2 aromatic rings. The molecule has 0 aliphatic rings. The second-order valence-electron chi connectivity index (χ2n) is 7.52. The molecule has 2 rings (SSSR count). The number of ether oxygens (including phenoxy) is 2. The molecule has 1 unspecified atom stereocenters. The Hall–Kier alpha value is -2.47. The number of hydrogen-bond acceptors (Lipinski definition) is 5. The SMILES string of the molecule is CC.COC(=O)C(C)(CCSCCN(C)C(=O)OCc1ccccc1)c1cccc(C)c1. The van der Waals surface area contributed by atoms with Gasteiger partial charge in [0.15, 0.2) is 0 Å². The summed E-state index contributed by atoms with van der Waals surface area (Å²) in [5.41, 5.74) is 2.36. The van der Waals surface area contributed by atoms with Crippen LogP contribution in [-0.2, 0) is 26.3 Å². The molecule has 0 fully saturated rings. The van der Waals surface area contributed by atoms with Gasteiger partial charge in [-0.3, -0.25) is 4.79 Å². The van der Waals surface area contributed by atoms with Gasteiger partial charge in [0.1, 0.15) is 6.61 Å². The van der Waals surface area contributed by atoms with Crippen LogP contribution in [-0.4, -0.2) is 49.2 Å². The fourth-order valence-corrected chi connectivity index (χ4v) is 4.24. The quantitative estimate of drug-likeness (QED) is 0.330. The second kappa shape index (κ2) is 14.6. The topological polar surface area (TPSA) is 55.8 Å². The predicted molar refractivity (Wildman–Crippen MR) is 133 cm³/mol. The fraction of sp³-hybridized carbons (Fsp3) is 0.462. The molecule has 0 saturated carbocycles. The monoisotopic (exact) mass is 459 g/mol. The molecule has 0 spiro atoms. The van der Waals surface area contributed by atoms with Crippen LogP contribution in [0.5, 0.6) is 0 Å². The van der Waals surface area contributed by atoms with Crippen molar-refractivity contribution in [3.63, 3.8) is 0 Å². The van der Waals surface area contributed by atoms with E-state index in [2.05, 4.69) is 0 Å². The number of thioether (sulfide) groups is 1. The van der Waals surface area contributed by atoms with Gasteiger partial charge in [-0.25, -0.2) is 4.79 Å². The molecule has 1 amide bonds. The van der Waals surface area contributed by atoms with Crippen molar-refractivity contribution in [2.45, 2.75) is 46.1 Å². The third-order valence-corrected chi connectivity index (χ3v) is 6.09. The highest BCUT2D eigenvalue weighted by molar-refractivity contribution is 7.99. The van der Waals surface area contributed by atoms with Crippen LogP contribution >= 0.6 is 11.8 Å². The number of methoxy groups -OCH3 is 1. The number of aryl methyl sites for hydroxylation is 1. The molecule has 32 heavy (non-hydrogen) atoms. The lowest BCUT2D eigenvalue weighted by atomic mass is 9.79. The lowest BCUT2D eigenvalue weighted by Gasteiger charge is -2.27. The van der Waals surface area contributed by atoms with Gasteiger partial charge >= 0.3 is 12.1 Å². The maximum absolute atomic E-state index is 12.5. The first-order valence-corrected chi connectivity index (χ1v) is 12.2. The van der Waals surface area contributed by atoms with Crippen LogP contribution < -0.4 is 0 Å². The largest absolute Gasteiger partial charge is 0.468 e. The van der Waals surface area contributed by atoms with E-state index >= 15 is 0 Å². The van der Waals surface area contributed by atoms with Crippen LogP contribution in [0, 0.1) is 6.92 Å². The number of hydrogen-bond donors (Lipinski definition) is 0. The van der Waals surface area contributed by atoms with E-state index in [-0.39, 0.29) is 18.7 Å². The summed E-state index contributed by atoms with van der Waals surface area (Å²) >= 11 is 1.71. The van der Waals surface area contributed by atoms with Gasteiger partial charge in [-0.1, -0.05) is 74.0 Å². The summed E-state index contributed by atoms with van der Waals surface area (Å²) in [7, 11) is 3.17. The number of nitrogens with zero attached hydrogens (tertiary/aromatic N) is 1. The van der Waals surface area contributed by atoms with Crippen LogP contribution in [0.3, 0.4) is 0 Å². The van der Waals surface area contributed by atoms with Crippen molar-refractivity contribution >= 4 is 23.8 Å². The van der Waals surface area contributed by atoms with Crippen molar-refractivity contribution in [2.24, 2.45) is 0 Å². The Balaban J connectivity index is 0.00000249. The van der Waals surface area contributed by atoms with Crippen molar-refractivity contribution < 1.29 is 19.1 Å². The van der Waals surface area contributed by atoms with E-state index < -0.39 is 5.41 Å². The molecule has 176 valence electrons. The van der Waals surface area contributed by atoms with Gasteiger partial charge in [0, 0.05) is 19.3 Å². The molecule has 0 heterocycles. The van der Waals surface area contributed by atoms with Crippen LogP contribution in [0.2, 0.25) is 0 Å². The van der Waals surface area contributed by atoms with E-state index in [1.807, 2.05) is 82.3 Å². The summed E-state index contributed by atoms with van der Waals surface area (Å²) in [5, 5.41) is 0. The minimum absolute atomic E-state index is 0.227. The molecule has 5 nitrogen and oxygen atoms in total. The summed E-state index contributed by atoms with van der Waals surface area (Å²) in [5.74, 6) is 1.32. The third kappa shape index (κ3) is 8.58. The molecule has 1 atom stereocenters. The van der Waals surface area contributed by atoms with Crippen molar-refractivity contribution in [2.75, 3.05) is 32.2 Å². The van der Waals surface area contributed by atoms with E-state index in [1.54, 1.807) is 23.7 Å². The molecule has 2 aromatic carbocycles. The zero-order valence-corrected chi connectivity index (χ0v) is 21.0. The zero-order chi connectivity index (χ0) is 24.0. The summed E-state index contributed by atoms with van der Waals surface area (Å²) < 4.78 is 10.4. The van der Waals surface area contributed by atoms with Crippen molar-refractivity contribution in [3.8, 4) is 0 Å². The highest BCUT2D eigenvalue weighted by atomic mass is 32.2. The Morgan fingerprint density at radius 1 is 1.03 bits per heavy atom. The van der Waals surface area contributed by atoms with Crippen LogP contribution in [0.15, 0.2) is 54.6 Å². The number of benzene rings is 2. The zero-order valence-electron chi connectivity index (χ0n) is 20.2. The molecule has 0 aliphatic heterocycles. The van der Waals surface area contributed by atoms with Crippen molar-refractivity contribution in [3.05, 3.63) is 71.3 Å². The third-order valence-electron chi connectivity index (χ3n) is 5.13. The van der Waals surface area contributed by atoms with E-state index in [0.29, 0.717) is 13.0 Å². The predicted octanol–water partition coefficient (Wildman–Crippen LogP) is 5.84. The van der Waals surface area contributed by atoms with E-state index in [4.69, 9.17) is 9.47 Å². The van der Waals surface area contributed by atoms with Crippen molar-refractivity contribution in [1.29, 1.82) is 0 Å². The van der Waals surface area contributed by atoms with E-state index in [1.165, 1.54) is 7.11 Å².